The molecule has 1 atom stereocenters. The molecule has 1 aromatic heterocycles. The lowest BCUT2D eigenvalue weighted by Crippen LogP contribution is -2.31. The molecular formula is C15H18N2OS. The van der Waals surface area contributed by atoms with E-state index in [-0.39, 0.29) is 6.61 Å². The Kier molecular flexibility index (Phi) is 3.92. The Morgan fingerprint density at radius 2 is 2.16 bits per heavy atom. The number of thiazole rings is 1. The van der Waals surface area contributed by atoms with Crippen molar-refractivity contribution in [3.63, 3.8) is 0 Å². The zero-order chi connectivity index (χ0) is 13.1. The van der Waals surface area contributed by atoms with Gasteiger partial charge in [-0.25, -0.2) is 4.98 Å². The molecule has 100 valence electrons. The molecule has 0 radical (unpaired) electrons. The summed E-state index contributed by atoms with van der Waals surface area (Å²) in [6.45, 7) is 2.19. The smallest absolute Gasteiger partial charge is 0.123 e. The van der Waals surface area contributed by atoms with Crippen LogP contribution in [0.1, 0.15) is 18.5 Å². The predicted molar refractivity (Wildman–Crippen MR) is 78.1 cm³/mol. The van der Waals surface area contributed by atoms with E-state index in [0.29, 0.717) is 6.04 Å². The standard InChI is InChI=1S/C15H18N2OS/c18-10-14-7-4-8-17(14)9-13-11-19-15(16-13)12-5-2-1-3-6-12/h1-3,5-6,11,14,18H,4,7-10H2/t14-/m0/s1. The highest BCUT2D eigenvalue weighted by Gasteiger charge is 2.24. The van der Waals surface area contributed by atoms with Gasteiger partial charge in [-0.3, -0.25) is 4.90 Å². The fourth-order valence-corrected chi connectivity index (χ4v) is 3.43. The van der Waals surface area contributed by atoms with E-state index in [2.05, 4.69) is 22.4 Å². The molecule has 1 aromatic carbocycles. The van der Waals surface area contributed by atoms with Gasteiger partial charge in [0.15, 0.2) is 0 Å². The van der Waals surface area contributed by atoms with Crippen LogP contribution in [0.4, 0.5) is 0 Å². The van der Waals surface area contributed by atoms with Gasteiger partial charge in [0.25, 0.3) is 0 Å². The number of aromatic nitrogens is 1. The molecule has 0 spiro atoms. The van der Waals surface area contributed by atoms with Gasteiger partial charge < -0.3 is 5.11 Å². The number of hydrogen-bond acceptors (Lipinski definition) is 4. The second-order valence-corrected chi connectivity index (χ2v) is 5.82. The number of nitrogens with zero attached hydrogens (tertiary/aromatic N) is 2. The molecule has 3 nitrogen and oxygen atoms in total. The van der Waals surface area contributed by atoms with Crippen LogP contribution in [0.3, 0.4) is 0 Å². The lowest BCUT2D eigenvalue weighted by molar-refractivity contribution is 0.152. The highest BCUT2D eigenvalue weighted by Crippen LogP contribution is 2.25. The number of likely N-dealkylation sites (tertiary alicyclic amines) is 1. The summed E-state index contributed by atoms with van der Waals surface area (Å²) < 4.78 is 0. The third kappa shape index (κ3) is 2.86. The van der Waals surface area contributed by atoms with Crippen LogP contribution in [0, 0.1) is 0 Å². The number of hydrogen-bond donors (Lipinski definition) is 1. The van der Waals surface area contributed by atoms with Crippen LogP contribution in [-0.2, 0) is 6.54 Å². The lowest BCUT2D eigenvalue weighted by atomic mass is 10.2. The van der Waals surface area contributed by atoms with E-state index in [1.54, 1.807) is 11.3 Å². The van der Waals surface area contributed by atoms with E-state index >= 15 is 0 Å². The minimum atomic E-state index is 0.260. The second-order valence-electron chi connectivity index (χ2n) is 4.96. The molecule has 0 saturated carbocycles. The first-order valence-corrected chi connectivity index (χ1v) is 7.59. The zero-order valence-electron chi connectivity index (χ0n) is 10.8. The number of benzene rings is 1. The summed E-state index contributed by atoms with van der Waals surface area (Å²) in [4.78, 5) is 7.05. The number of aliphatic hydroxyl groups excluding tert-OH is 1. The van der Waals surface area contributed by atoms with E-state index in [9.17, 15) is 5.11 Å². The molecule has 0 amide bonds. The van der Waals surface area contributed by atoms with E-state index in [1.165, 1.54) is 12.0 Å². The predicted octanol–water partition coefficient (Wildman–Crippen LogP) is 2.77. The van der Waals surface area contributed by atoms with Crippen molar-refractivity contribution in [2.24, 2.45) is 0 Å². The highest BCUT2D eigenvalue weighted by molar-refractivity contribution is 7.13. The fraction of sp³-hybridized carbons (Fsp3) is 0.400. The van der Waals surface area contributed by atoms with Gasteiger partial charge in [0.2, 0.25) is 0 Å². The Morgan fingerprint density at radius 3 is 2.95 bits per heavy atom. The summed E-state index contributed by atoms with van der Waals surface area (Å²) in [5.41, 5.74) is 2.29. The summed E-state index contributed by atoms with van der Waals surface area (Å²) in [5.74, 6) is 0. The number of rotatable bonds is 4. The molecule has 0 bridgehead atoms. The van der Waals surface area contributed by atoms with Crippen LogP contribution in [0.5, 0.6) is 0 Å². The Bertz CT molecular complexity index is 526. The van der Waals surface area contributed by atoms with Crippen molar-refractivity contribution in [2.75, 3.05) is 13.2 Å². The van der Waals surface area contributed by atoms with Crippen molar-refractivity contribution in [2.45, 2.75) is 25.4 Å². The first kappa shape index (κ1) is 12.8. The van der Waals surface area contributed by atoms with Gasteiger partial charge in [-0.15, -0.1) is 11.3 Å². The van der Waals surface area contributed by atoms with Gasteiger partial charge in [-0.2, -0.15) is 0 Å². The van der Waals surface area contributed by atoms with Gasteiger partial charge in [0, 0.05) is 23.5 Å². The molecular weight excluding hydrogens is 256 g/mol. The third-order valence-corrected chi connectivity index (χ3v) is 4.59. The molecule has 1 saturated heterocycles. The van der Waals surface area contributed by atoms with Crippen molar-refractivity contribution < 1.29 is 5.11 Å². The normalized spacial score (nSPS) is 19.9. The Hall–Kier alpha value is -1.23. The minimum absolute atomic E-state index is 0.260. The van der Waals surface area contributed by atoms with Crippen LogP contribution >= 0.6 is 11.3 Å². The maximum Gasteiger partial charge on any atom is 0.123 e. The number of aliphatic hydroxyl groups is 1. The molecule has 4 heteroatoms. The quantitative estimate of drug-likeness (QED) is 0.931. The second kappa shape index (κ2) is 5.82. The Labute approximate surface area is 117 Å². The first-order chi connectivity index (χ1) is 9.36. The summed E-state index contributed by atoms with van der Waals surface area (Å²) in [6.07, 6.45) is 2.28. The molecule has 1 aliphatic heterocycles. The summed E-state index contributed by atoms with van der Waals surface area (Å²) in [7, 11) is 0. The SMILES string of the molecule is OC[C@@H]1CCCN1Cc1csc(-c2ccccc2)n1. The van der Waals surface area contributed by atoms with Gasteiger partial charge in [-0.05, 0) is 19.4 Å². The van der Waals surface area contributed by atoms with E-state index in [1.807, 2.05) is 18.2 Å². The van der Waals surface area contributed by atoms with Crippen molar-refractivity contribution in [1.29, 1.82) is 0 Å². The fourth-order valence-electron chi connectivity index (χ4n) is 2.61. The van der Waals surface area contributed by atoms with Crippen molar-refractivity contribution in [3.8, 4) is 10.6 Å². The van der Waals surface area contributed by atoms with Gasteiger partial charge in [0.1, 0.15) is 5.01 Å². The topological polar surface area (TPSA) is 36.4 Å². The average molecular weight is 274 g/mol. The molecule has 3 rings (SSSR count). The van der Waals surface area contributed by atoms with Crippen LogP contribution in [0.2, 0.25) is 0 Å². The van der Waals surface area contributed by atoms with Gasteiger partial charge >= 0.3 is 0 Å². The highest BCUT2D eigenvalue weighted by atomic mass is 32.1. The summed E-state index contributed by atoms with van der Waals surface area (Å²) in [5, 5.41) is 12.6. The first-order valence-electron chi connectivity index (χ1n) is 6.71. The molecule has 0 aliphatic carbocycles. The maximum absolute atomic E-state index is 9.34. The Balaban J connectivity index is 1.72. The largest absolute Gasteiger partial charge is 0.395 e. The van der Waals surface area contributed by atoms with Crippen LogP contribution < -0.4 is 0 Å². The van der Waals surface area contributed by atoms with Crippen LogP contribution in [0.15, 0.2) is 35.7 Å². The van der Waals surface area contributed by atoms with Gasteiger partial charge in [-0.1, -0.05) is 30.3 Å². The molecule has 2 aromatic rings. The van der Waals surface area contributed by atoms with Gasteiger partial charge in [0.05, 0.1) is 12.3 Å². The molecule has 19 heavy (non-hydrogen) atoms. The summed E-state index contributed by atoms with van der Waals surface area (Å²) in [6, 6.07) is 10.6. The summed E-state index contributed by atoms with van der Waals surface area (Å²) >= 11 is 1.69. The minimum Gasteiger partial charge on any atom is -0.395 e. The Morgan fingerprint density at radius 1 is 1.32 bits per heavy atom. The monoisotopic (exact) mass is 274 g/mol. The molecule has 1 aliphatic rings. The molecule has 2 heterocycles. The van der Waals surface area contributed by atoms with E-state index in [0.717, 1.165) is 30.2 Å². The van der Waals surface area contributed by atoms with Crippen molar-refractivity contribution >= 4 is 11.3 Å². The van der Waals surface area contributed by atoms with Crippen LogP contribution in [-0.4, -0.2) is 34.2 Å². The lowest BCUT2D eigenvalue weighted by Gasteiger charge is -2.21. The van der Waals surface area contributed by atoms with E-state index in [4.69, 9.17) is 4.98 Å². The third-order valence-electron chi connectivity index (χ3n) is 3.65. The van der Waals surface area contributed by atoms with Crippen molar-refractivity contribution in [1.82, 2.24) is 9.88 Å². The van der Waals surface area contributed by atoms with E-state index < -0.39 is 0 Å². The maximum atomic E-state index is 9.34. The molecule has 1 N–H and O–H groups in total. The molecule has 1 fully saturated rings. The average Bonchev–Trinajstić information content (AvgIpc) is 3.09. The van der Waals surface area contributed by atoms with Crippen molar-refractivity contribution in [3.05, 3.63) is 41.4 Å². The molecule has 0 unspecified atom stereocenters. The van der Waals surface area contributed by atoms with Crippen LogP contribution in [0.25, 0.3) is 10.6 Å². The zero-order valence-corrected chi connectivity index (χ0v) is 11.6.